The first kappa shape index (κ1) is 4.36. The van der Waals surface area contributed by atoms with Crippen LogP contribution in [-0.2, 0) is 0 Å². The third-order valence-electron chi connectivity index (χ3n) is 1.76. The summed E-state index contributed by atoms with van der Waals surface area (Å²) in [5.74, 6) is 1.35. The summed E-state index contributed by atoms with van der Waals surface area (Å²) in [4.78, 5) is 0. The summed E-state index contributed by atoms with van der Waals surface area (Å²) < 4.78 is 0. The van der Waals surface area contributed by atoms with Crippen LogP contribution in [0.2, 0.25) is 0 Å². The third-order valence-corrected chi connectivity index (χ3v) is 1.76. The Morgan fingerprint density at radius 1 is 1.25 bits per heavy atom. The predicted octanol–water partition coefficient (Wildman–Crippen LogP) is 1.19. The molecule has 2 aliphatic heterocycles. The maximum absolute atomic E-state index is 4.16. The number of hydrogen-bond acceptors (Lipinski definition) is 2. The van der Waals surface area contributed by atoms with E-state index in [1.54, 1.807) is 0 Å². The van der Waals surface area contributed by atoms with Crippen molar-refractivity contribution >= 4 is 5.84 Å². The zero-order valence-corrected chi connectivity index (χ0v) is 4.93. The Kier molecular flexibility index (Phi) is 0.802. The number of hydrazone groups is 1. The molecule has 2 aliphatic rings. The minimum absolute atomic E-state index is 1.19. The van der Waals surface area contributed by atoms with Crippen molar-refractivity contribution in [2.24, 2.45) is 5.10 Å². The summed E-state index contributed by atoms with van der Waals surface area (Å²) in [7, 11) is 0. The molecule has 0 unspecified atom stereocenters. The number of rotatable bonds is 0. The molecular formula is C6H10N2. The van der Waals surface area contributed by atoms with Gasteiger partial charge in [0.05, 0.1) is 0 Å². The highest BCUT2D eigenvalue weighted by molar-refractivity contribution is 5.90. The second-order valence-electron chi connectivity index (χ2n) is 2.45. The summed E-state index contributed by atoms with van der Waals surface area (Å²) in [6, 6.07) is 0. The molecule has 0 N–H and O–H groups in total. The largest absolute Gasteiger partial charge is 0.248 e. The molecule has 44 valence electrons. The van der Waals surface area contributed by atoms with Crippen LogP contribution in [0.15, 0.2) is 5.10 Å². The first-order valence-corrected chi connectivity index (χ1v) is 3.32. The minimum atomic E-state index is 1.19. The Labute approximate surface area is 49.2 Å². The Hall–Kier alpha value is -0.530. The van der Waals surface area contributed by atoms with Gasteiger partial charge in [0.1, 0.15) is 5.84 Å². The van der Waals surface area contributed by atoms with E-state index in [2.05, 4.69) is 10.1 Å². The van der Waals surface area contributed by atoms with Gasteiger partial charge in [-0.1, -0.05) is 6.42 Å². The Morgan fingerprint density at radius 2 is 2.25 bits per heavy atom. The van der Waals surface area contributed by atoms with E-state index in [1.807, 2.05) is 0 Å². The first-order chi connectivity index (χ1) is 3.97. The Bertz CT molecular complexity index is 128. The van der Waals surface area contributed by atoms with E-state index in [0.29, 0.717) is 0 Å². The van der Waals surface area contributed by atoms with Crippen molar-refractivity contribution in [1.82, 2.24) is 5.01 Å². The molecule has 0 aromatic rings. The van der Waals surface area contributed by atoms with Gasteiger partial charge in [-0.15, -0.1) is 0 Å². The highest BCUT2D eigenvalue weighted by Gasteiger charge is 2.24. The Morgan fingerprint density at radius 3 is 3.25 bits per heavy atom. The molecule has 2 heterocycles. The standard InChI is InChI=1S/C6H10N2/c1-2-4-6-7-8(6)5-3-1/h1-5H2. The van der Waals surface area contributed by atoms with Gasteiger partial charge in [0.2, 0.25) is 0 Å². The highest BCUT2D eigenvalue weighted by Crippen LogP contribution is 2.20. The SMILES string of the molecule is C1CCC2=NN2CC1. The van der Waals surface area contributed by atoms with Gasteiger partial charge < -0.3 is 0 Å². The molecule has 0 amide bonds. The van der Waals surface area contributed by atoms with E-state index >= 15 is 0 Å². The van der Waals surface area contributed by atoms with Crippen molar-refractivity contribution in [3.05, 3.63) is 0 Å². The van der Waals surface area contributed by atoms with Crippen LogP contribution < -0.4 is 0 Å². The van der Waals surface area contributed by atoms with Crippen LogP contribution in [0.5, 0.6) is 0 Å². The zero-order chi connectivity index (χ0) is 5.40. The third kappa shape index (κ3) is 0.602. The van der Waals surface area contributed by atoms with Crippen LogP contribution in [-0.4, -0.2) is 17.4 Å². The van der Waals surface area contributed by atoms with E-state index in [9.17, 15) is 0 Å². The quantitative estimate of drug-likeness (QED) is 0.457. The van der Waals surface area contributed by atoms with Gasteiger partial charge in [-0.05, 0) is 12.8 Å². The van der Waals surface area contributed by atoms with Crippen LogP contribution >= 0.6 is 0 Å². The van der Waals surface area contributed by atoms with Crippen molar-refractivity contribution in [2.75, 3.05) is 6.54 Å². The van der Waals surface area contributed by atoms with E-state index in [-0.39, 0.29) is 0 Å². The summed E-state index contributed by atoms with van der Waals surface area (Å²) >= 11 is 0. The first-order valence-electron chi connectivity index (χ1n) is 3.32. The van der Waals surface area contributed by atoms with Crippen molar-refractivity contribution in [3.8, 4) is 0 Å². The molecule has 8 heavy (non-hydrogen) atoms. The fraction of sp³-hybridized carbons (Fsp3) is 0.833. The van der Waals surface area contributed by atoms with E-state index in [1.165, 1.54) is 38.1 Å². The Balaban J connectivity index is 1.96. The zero-order valence-electron chi connectivity index (χ0n) is 4.93. The van der Waals surface area contributed by atoms with Crippen molar-refractivity contribution < 1.29 is 0 Å². The molecule has 1 fully saturated rings. The predicted molar refractivity (Wildman–Crippen MR) is 32.6 cm³/mol. The molecule has 0 aromatic heterocycles. The molecule has 0 spiro atoms. The summed E-state index contributed by atoms with van der Waals surface area (Å²) in [6.07, 6.45) is 5.33. The molecule has 0 aliphatic carbocycles. The lowest BCUT2D eigenvalue weighted by Gasteiger charge is -1.93. The lowest BCUT2D eigenvalue weighted by Crippen LogP contribution is -2.02. The second kappa shape index (κ2) is 1.47. The highest BCUT2D eigenvalue weighted by atomic mass is 15.6. The van der Waals surface area contributed by atoms with Crippen molar-refractivity contribution in [1.29, 1.82) is 0 Å². The van der Waals surface area contributed by atoms with E-state index in [4.69, 9.17) is 0 Å². The second-order valence-corrected chi connectivity index (χ2v) is 2.45. The van der Waals surface area contributed by atoms with E-state index < -0.39 is 0 Å². The van der Waals surface area contributed by atoms with Gasteiger partial charge in [-0.3, -0.25) is 0 Å². The van der Waals surface area contributed by atoms with E-state index in [0.717, 1.165) is 0 Å². The number of fused-ring (bicyclic) bond motifs is 1. The average Bonchev–Trinajstić information content (AvgIpc) is 2.36. The van der Waals surface area contributed by atoms with Crippen LogP contribution in [0.25, 0.3) is 0 Å². The van der Waals surface area contributed by atoms with Crippen molar-refractivity contribution in [3.63, 3.8) is 0 Å². The van der Waals surface area contributed by atoms with Crippen LogP contribution in [0, 0.1) is 0 Å². The maximum atomic E-state index is 4.16. The van der Waals surface area contributed by atoms with Crippen molar-refractivity contribution in [2.45, 2.75) is 25.7 Å². The van der Waals surface area contributed by atoms with Gasteiger partial charge in [-0.25, -0.2) is 5.01 Å². The lowest BCUT2D eigenvalue weighted by molar-refractivity contribution is 0.529. The fourth-order valence-corrected chi connectivity index (χ4v) is 1.20. The number of hydrogen-bond donors (Lipinski definition) is 0. The average molecular weight is 110 g/mol. The van der Waals surface area contributed by atoms with Gasteiger partial charge in [0, 0.05) is 13.0 Å². The van der Waals surface area contributed by atoms with Crippen LogP contribution in [0.3, 0.4) is 0 Å². The molecule has 0 atom stereocenters. The minimum Gasteiger partial charge on any atom is -0.248 e. The number of amidine groups is 1. The van der Waals surface area contributed by atoms with Gasteiger partial charge >= 0.3 is 0 Å². The summed E-state index contributed by atoms with van der Waals surface area (Å²) in [5.41, 5.74) is 0. The topological polar surface area (TPSA) is 15.4 Å². The molecule has 1 saturated heterocycles. The normalized spacial score (nSPS) is 26.0. The smallest absolute Gasteiger partial charge is 0.145 e. The molecule has 2 nitrogen and oxygen atoms in total. The molecule has 0 radical (unpaired) electrons. The summed E-state index contributed by atoms with van der Waals surface area (Å²) in [5, 5.41) is 6.30. The summed E-state index contributed by atoms with van der Waals surface area (Å²) in [6.45, 7) is 1.19. The maximum Gasteiger partial charge on any atom is 0.145 e. The van der Waals surface area contributed by atoms with Gasteiger partial charge in [-0.2, -0.15) is 5.10 Å². The molecule has 2 heteroatoms. The van der Waals surface area contributed by atoms with Gasteiger partial charge in [0.15, 0.2) is 0 Å². The fourth-order valence-electron chi connectivity index (χ4n) is 1.20. The van der Waals surface area contributed by atoms with Gasteiger partial charge in [0.25, 0.3) is 0 Å². The van der Waals surface area contributed by atoms with Crippen LogP contribution in [0.1, 0.15) is 25.7 Å². The lowest BCUT2D eigenvalue weighted by atomic mass is 10.2. The molecule has 2 rings (SSSR count). The number of nitrogens with zero attached hydrogens (tertiary/aromatic N) is 2. The monoisotopic (exact) mass is 110 g/mol. The molecule has 0 bridgehead atoms. The molecular weight excluding hydrogens is 100 g/mol. The molecule has 0 aromatic carbocycles. The molecule has 0 saturated carbocycles. The van der Waals surface area contributed by atoms with Crippen LogP contribution in [0.4, 0.5) is 0 Å².